The van der Waals surface area contributed by atoms with Crippen LogP contribution in [0.2, 0.25) is 0 Å². The number of carbonyl (C=O) groups excluding carboxylic acids is 15. The van der Waals surface area contributed by atoms with Crippen LogP contribution < -0.4 is 86.3 Å². The number of benzene rings is 1. The first-order valence-electron chi connectivity index (χ1n) is 36.4. The topological polar surface area (TPSA) is 636 Å². The van der Waals surface area contributed by atoms with Gasteiger partial charge in [0.2, 0.25) is 88.6 Å². The molecule has 0 unspecified atom stereocenters. The number of hydrogen-bond acceptors (Lipinski definition) is 22. The number of nitrogens with one attached hydrogen (secondary N) is 14. The van der Waals surface area contributed by atoms with Crippen molar-refractivity contribution in [3.8, 4) is 0 Å². The van der Waals surface area contributed by atoms with Crippen molar-refractivity contribution in [2.75, 3.05) is 51.3 Å². The van der Waals surface area contributed by atoms with Gasteiger partial charge in [-0.3, -0.25) is 82.1 Å². The Bertz CT molecular complexity index is 3390. The fraction of sp³-hybridized carbons (Fsp3) is 0.652. The van der Waals surface area contributed by atoms with E-state index in [1.165, 1.54) is 58.2 Å². The highest BCUT2D eigenvalue weighted by molar-refractivity contribution is 7.98. The first-order chi connectivity index (χ1) is 51.8. The van der Waals surface area contributed by atoms with Crippen LogP contribution in [0.25, 0.3) is 0 Å². The molecule has 41 heteroatoms. The molecule has 0 radical (unpaired) electrons. The van der Waals surface area contributed by atoms with Gasteiger partial charge >= 0.3 is 11.9 Å². The molecule has 0 aliphatic carbocycles. The van der Waals surface area contributed by atoms with Crippen LogP contribution in [0.1, 0.15) is 138 Å². The summed E-state index contributed by atoms with van der Waals surface area (Å²) in [5.74, 6) is -18.6. The number of aliphatic hydroxyl groups excluding tert-OH is 2. The van der Waals surface area contributed by atoms with Gasteiger partial charge in [-0.05, 0) is 120 Å². The van der Waals surface area contributed by atoms with Crippen molar-refractivity contribution in [3.63, 3.8) is 0 Å². The quantitative estimate of drug-likeness (QED) is 0.0164. The van der Waals surface area contributed by atoms with Crippen LogP contribution in [-0.2, 0) is 87.9 Å². The van der Waals surface area contributed by atoms with Crippen LogP contribution >= 0.6 is 11.8 Å². The highest BCUT2D eigenvalue weighted by Gasteiger charge is 2.42. The maximum atomic E-state index is 14.3. The van der Waals surface area contributed by atoms with Gasteiger partial charge in [-0.15, -0.1) is 0 Å². The van der Waals surface area contributed by atoms with Crippen molar-refractivity contribution in [3.05, 3.63) is 35.9 Å². The molecule has 3 rings (SSSR count). The molecule has 2 aliphatic rings. The summed E-state index contributed by atoms with van der Waals surface area (Å²) in [4.78, 5) is 231. The van der Waals surface area contributed by atoms with Gasteiger partial charge in [-0.25, -0.2) is 4.79 Å². The van der Waals surface area contributed by atoms with E-state index in [1.54, 1.807) is 36.6 Å². The number of carboxylic acids is 2. The molecular formula is C69H111N19O21S. The van der Waals surface area contributed by atoms with E-state index >= 15 is 0 Å². The number of hydrogen-bond donors (Lipinski definition) is 21. The molecule has 15 amide bonds. The van der Waals surface area contributed by atoms with Gasteiger partial charge in [0.05, 0.1) is 31.7 Å². The highest BCUT2D eigenvalue weighted by atomic mass is 32.2. The number of amides is 15. The van der Waals surface area contributed by atoms with Gasteiger partial charge in [0.15, 0.2) is 5.96 Å². The minimum atomic E-state index is -1.96. The summed E-state index contributed by atoms with van der Waals surface area (Å²) in [6.45, 7) is 8.42. The normalized spacial score (nSPS) is 17.2. The molecule has 0 bridgehead atoms. The molecule has 2 aliphatic heterocycles. The summed E-state index contributed by atoms with van der Waals surface area (Å²) in [6.07, 6.45) is -1.66. The Kier molecular flexibility index (Phi) is 40.6. The molecule has 14 atom stereocenters. The third-order valence-electron chi connectivity index (χ3n) is 17.9. The third kappa shape index (κ3) is 32.1. The van der Waals surface area contributed by atoms with E-state index in [9.17, 15) is 102 Å². The fourth-order valence-electron chi connectivity index (χ4n) is 12.0. The van der Waals surface area contributed by atoms with E-state index in [0.717, 1.165) is 11.8 Å². The zero-order chi connectivity index (χ0) is 82.6. The van der Waals surface area contributed by atoms with E-state index in [1.807, 2.05) is 0 Å². The van der Waals surface area contributed by atoms with E-state index in [2.05, 4.69) is 69.1 Å². The minimum absolute atomic E-state index is 0.0151. The molecule has 0 spiro atoms. The van der Waals surface area contributed by atoms with Crippen LogP contribution in [0.5, 0.6) is 0 Å². The summed E-state index contributed by atoms with van der Waals surface area (Å²) in [5.41, 5.74) is 16.9. The Hall–Kier alpha value is -10.3. The second-order valence-electron chi connectivity index (χ2n) is 27.6. The second kappa shape index (κ2) is 47.6. The first kappa shape index (κ1) is 93.9. The molecule has 1 aromatic rings. The van der Waals surface area contributed by atoms with Crippen molar-refractivity contribution in [1.29, 1.82) is 5.41 Å². The van der Waals surface area contributed by atoms with E-state index in [4.69, 9.17) is 22.6 Å². The average molecular weight is 1570 g/mol. The number of guanidine groups is 1. The van der Waals surface area contributed by atoms with Crippen molar-refractivity contribution >= 4 is 118 Å². The van der Waals surface area contributed by atoms with Crippen molar-refractivity contribution in [2.24, 2.45) is 29.0 Å². The number of thioether (sulfide) groups is 1. The smallest absolute Gasteiger partial charge is 0.326 e. The van der Waals surface area contributed by atoms with Crippen LogP contribution in [0.15, 0.2) is 30.3 Å². The Morgan fingerprint density at radius 1 is 0.527 bits per heavy atom. The predicted molar refractivity (Wildman–Crippen MR) is 397 cm³/mol. The molecule has 1 aromatic carbocycles. The van der Waals surface area contributed by atoms with Crippen molar-refractivity contribution < 1.29 is 102 Å². The zero-order valence-electron chi connectivity index (χ0n) is 63.2. The number of carboxylic acid groups (broad SMARTS) is 2. The lowest BCUT2D eigenvalue weighted by molar-refractivity contribution is -0.149. The SMILES string of the molecule is CSCC[C@H](NC(=O)[C@@H](NC(=O)[C@H](Cc1ccccc1)NC(=O)[C@@H](NC(=O)[C@H](CC(=O)O)NC(=O)CNC(=O)[C@H](CCCNC(=N)N)NC(=O)[C@@H](NC(=O)[C@@H](NC(=O)[C@H](CCC(N)=O)NC(=O)[C@@H]1CCCN1C(=O)CNC(=O)[C@H](CCCCN)NC(C)=O)C(C)C)[C@@H](C)O)C(C)C)[C@@H](C)O)C(=O)N1CCC[C@H]1C(=O)O. The Labute approximate surface area is 641 Å². The fourth-order valence-corrected chi connectivity index (χ4v) is 12.5. The average Bonchev–Trinajstić information content (AvgIpc) is 1.73. The number of nitrogens with zero attached hydrogens (tertiary/aromatic N) is 2. The first-order valence-corrected chi connectivity index (χ1v) is 37.8. The van der Waals surface area contributed by atoms with Crippen LogP contribution in [0, 0.1) is 17.2 Å². The summed E-state index contributed by atoms with van der Waals surface area (Å²) < 4.78 is 0. The predicted octanol–water partition coefficient (Wildman–Crippen LogP) is -6.64. The second-order valence-corrected chi connectivity index (χ2v) is 28.6. The van der Waals surface area contributed by atoms with Gasteiger partial charge in [0, 0.05) is 39.4 Å². The summed E-state index contributed by atoms with van der Waals surface area (Å²) in [5, 5.41) is 80.9. The number of aliphatic carboxylic acids is 2. The lowest BCUT2D eigenvalue weighted by Crippen LogP contribution is -2.62. The number of nitrogens with two attached hydrogens (primary N) is 3. The van der Waals surface area contributed by atoms with Gasteiger partial charge in [0.25, 0.3) is 0 Å². The van der Waals surface area contributed by atoms with Crippen molar-refractivity contribution in [1.82, 2.24) is 78.9 Å². The van der Waals surface area contributed by atoms with Gasteiger partial charge in [-0.1, -0.05) is 58.0 Å². The maximum absolute atomic E-state index is 14.3. The van der Waals surface area contributed by atoms with E-state index < -0.39 is 235 Å². The van der Waals surface area contributed by atoms with Crippen LogP contribution in [0.3, 0.4) is 0 Å². The number of unbranched alkanes of at least 4 members (excludes halogenated alkanes) is 1. The van der Waals surface area contributed by atoms with Crippen molar-refractivity contribution in [2.45, 2.75) is 223 Å². The number of rotatable bonds is 48. The monoisotopic (exact) mass is 1570 g/mol. The molecule has 40 nitrogen and oxygen atoms in total. The summed E-state index contributed by atoms with van der Waals surface area (Å²) in [7, 11) is 0. The Morgan fingerprint density at radius 2 is 1.01 bits per heavy atom. The van der Waals surface area contributed by atoms with Gasteiger partial charge in [-0.2, -0.15) is 11.8 Å². The molecule has 0 saturated carbocycles. The molecular weight excluding hydrogens is 1460 g/mol. The van der Waals surface area contributed by atoms with Gasteiger partial charge in [0.1, 0.15) is 72.5 Å². The van der Waals surface area contributed by atoms with Crippen LogP contribution in [-0.4, -0.2) is 273 Å². The standard InChI is InChI=1S/C69H111N19O21S/c1-35(2)53(63(103)82-45(31-40-17-10-9-11-18-40)60(100)85-55(37(5)89)66(106)81-44(25-30-110-8)67(107)88-29-16-22-48(88)68(108)109)84-61(101)46(32-52(95)96)78-50(93)33-75-58(98)42(20-14-27-74-69(72)73)80-65(105)56(38(6)90)86-64(104)54(36(3)4)83-59(99)43(23-24-49(71)92)79-62(102)47-21-15-28-87(47)51(94)34-76-57(97)41(77-39(7)91)19-12-13-26-70/h9-11,17-18,35-38,41-48,53-56,89-90H,12-16,19-34,70H2,1-8H3,(H2,71,92)(H,75,98)(H,76,97)(H,77,91)(H,78,93)(H,79,102)(H,80,105)(H,81,106)(H,82,103)(H,83,99)(H,84,101)(H,85,100)(H,86,104)(H,95,96)(H,108,109)(H4,72,73,74)/t37-,38-,41+,42+,43+,44+,45+,46+,47+,48+,53+,54+,55+,56+/m1/s1. The molecule has 614 valence electrons. The molecule has 2 heterocycles. The lowest BCUT2D eigenvalue weighted by Gasteiger charge is -2.30. The summed E-state index contributed by atoms with van der Waals surface area (Å²) in [6, 6.07) is -9.82. The lowest BCUT2D eigenvalue weighted by atomic mass is 10.00. The highest BCUT2D eigenvalue weighted by Crippen LogP contribution is 2.22. The zero-order valence-corrected chi connectivity index (χ0v) is 64.1. The van der Waals surface area contributed by atoms with E-state index in [0.29, 0.717) is 43.5 Å². The Balaban J connectivity index is 1.81. The molecule has 24 N–H and O–H groups in total. The third-order valence-corrected chi connectivity index (χ3v) is 18.5. The molecule has 0 aromatic heterocycles. The molecule has 2 saturated heterocycles. The van der Waals surface area contributed by atoms with Gasteiger partial charge < -0.3 is 117 Å². The molecule has 2 fully saturated rings. The summed E-state index contributed by atoms with van der Waals surface area (Å²) >= 11 is 1.35. The number of primary amides is 1. The largest absolute Gasteiger partial charge is 0.481 e. The van der Waals surface area contributed by atoms with E-state index in [-0.39, 0.29) is 64.6 Å². The molecule has 110 heavy (non-hydrogen) atoms. The number of carbonyl (C=O) groups is 17. The number of likely N-dealkylation sites (tertiary alicyclic amines) is 2. The minimum Gasteiger partial charge on any atom is -0.481 e. The Morgan fingerprint density at radius 3 is 1.54 bits per heavy atom. The maximum Gasteiger partial charge on any atom is 0.326 e. The number of aliphatic hydroxyl groups is 2. The van der Waals surface area contributed by atoms with Crippen LogP contribution in [0.4, 0.5) is 0 Å².